The van der Waals surface area contributed by atoms with Crippen molar-refractivity contribution in [2.24, 2.45) is 0 Å². The van der Waals surface area contributed by atoms with E-state index in [0.717, 1.165) is 11.8 Å². The van der Waals surface area contributed by atoms with Gasteiger partial charge in [0.2, 0.25) is 0 Å². The van der Waals surface area contributed by atoms with E-state index in [1.807, 2.05) is 24.3 Å². The number of amides is 1. The topological polar surface area (TPSA) is 106 Å². The van der Waals surface area contributed by atoms with Gasteiger partial charge in [0.1, 0.15) is 11.9 Å². The smallest absolute Gasteiger partial charge is 0.407 e. The highest BCUT2D eigenvalue weighted by Crippen LogP contribution is 2.33. The molecular weight excluding hydrogens is 480 g/mol. The quantitative estimate of drug-likeness (QED) is 0.518. The lowest BCUT2D eigenvalue weighted by molar-refractivity contribution is 0.0538. The van der Waals surface area contributed by atoms with Crippen LogP contribution in [0.3, 0.4) is 0 Å². The highest BCUT2D eigenvalue weighted by atomic mass is 32.2. The Morgan fingerprint density at radius 3 is 2.28 bits per heavy atom. The monoisotopic (exact) mass is 510 g/mol. The van der Waals surface area contributed by atoms with Crippen LogP contribution in [0, 0.1) is 0 Å². The van der Waals surface area contributed by atoms with Crippen molar-refractivity contribution in [3.63, 3.8) is 0 Å². The van der Waals surface area contributed by atoms with Crippen molar-refractivity contribution in [1.82, 2.24) is 9.47 Å². The van der Waals surface area contributed by atoms with Crippen molar-refractivity contribution < 1.29 is 23.1 Å². The molecule has 2 atom stereocenters. The first-order chi connectivity index (χ1) is 17.0. The number of hydrogen-bond acceptors (Lipinski definition) is 5. The molecule has 1 aliphatic heterocycles. The minimum Gasteiger partial charge on any atom is -0.490 e. The lowest BCUT2D eigenvalue weighted by atomic mass is 9.92. The average Bonchev–Trinajstić information content (AvgIpc) is 2.83. The maximum atomic E-state index is 12.8. The average molecular weight is 511 g/mol. The largest absolute Gasteiger partial charge is 0.490 e. The van der Waals surface area contributed by atoms with Gasteiger partial charge in [0.25, 0.3) is 5.56 Å². The van der Waals surface area contributed by atoms with E-state index in [0.29, 0.717) is 36.7 Å². The van der Waals surface area contributed by atoms with Gasteiger partial charge in [-0.3, -0.25) is 9.36 Å². The molecule has 1 N–H and O–H groups in total. The molecule has 2 unspecified atom stereocenters. The van der Waals surface area contributed by atoms with Crippen LogP contribution in [0.5, 0.6) is 5.75 Å². The van der Waals surface area contributed by atoms with Crippen LogP contribution in [0.4, 0.5) is 4.79 Å². The Labute approximate surface area is 210 Å². The summed E-state index contributed by atoms with van der Waals surface area (Å²) in [7, 11) is -3.32. The molecule has 2 aromatic carbocycles. The molecule has 190 valence electrons. The number of sulfone groups is 1. The van der Waals surface area contributed by atoms with Gasteiger partial charge in [-0.15, -0.1) is 0 Å². The number of piperidine rings is 1. The summed E-state index contributed by atoms with van der Waals surface area (Å²) in [6.07, 6.45) is 2.50. The summed E-state index contributed by atoms with van der Waals surface area (Å²) in [5.74, 6) is 0.795. The summed E-state index contributed by atoms with van der Waals surface area (Å²) in [6, 6.07) is 16.8. The van der Waals surface area contributed by atoms with Gasteiger partial charge in [-0.05, 0) is 47.4 Å². The second kappa shape index (κ2) is 10.2. The summed E-state index contributed by atoms with van der Waals surface area (Å²) in [5, 5.41) is 9.73. The first kappa shape index (κ1) is 25.5. The van der Waals surface area contributed by atoms with Crippen LogP contribution in [0.15, 0.2) is 76.6 Å². The van der Waals surface area contributed by atoms with Gasteiger partial charge in [0.15, 0.2) is 9.84 Å². The zero-order valence-electron chi connectivity index (χ0n) is 20.5. The van der Waals surface area contributed by atoms with Crippen molar-refractivity contribution in [2.45, 2.75) is 49.6 Å². The van der Waals surface area contributed by atoms with E-state index >= 15 is 0 Å². The second-order valence-corrected chi connectivity index (χ2v) is 11.4. The van der Waals surface area contributed by atoms with Crippen LogP contribution in [0.25, 0.3) is 5.69 Å². The number of carboxylic acid groups (broad SMARTS) is 1. The summed E-state index contributed by atoms with van der Waals surface area (Å²) >= 11 is 0. The van der Waals surface area contributed by atoms with E-state index in [1.165, 1.54) is 33.2 Å². The van der Waals surface area contributed by atoms with Gasteiger partial charge >= 0.3 is 6.09 Å². The Morgan fingerprint density at radius 1 is 1.06 bits per heavy atom. The zero-order valence-corrected chi connectivity index (χ0v) is 21.3. The van der Waals surface area contributed by atoms with Crippen molar-refractivity contribution >= 4 is 15.9 Å². The Morgan fingerprint density at radius 2 is 1.72 bits per heavy atom. The molecule has 1 fully saturated rings. The number of benzene rings is 2. The van der Waals surface area contributed by atoms with Crippen LogP contribution in [-0.4, -0.2) is 48.0 Å². The van der Waals surface area contributed by atoms with Crippen LogP contribution in [0.2, 0.25) is 0 Å². The number of ether oxygens (including phenoxy) is 1. The molecule has 1 amide bonds. The third-order valence-corrected chi connectivity index (χ3v) is 7.65. The van der Waals surface area contributed by atoms with E-state index < -0.39 is 15.9 Å². The van der Waals surface area contributed by atoms with Gasteiger partial charge in [-0.25, -0.2) is 13.2 Å². The normalized spacial score (nSPS) is 18.3. The third kappa shape index (κ3) is 5.62. The lowest BCUT2D eigenvalue weighted by Gasteiger charge is -2.38. The second-order valence-electron chi connectivity index (χ2n) is 9.41. The number of aromatic nitrogens is 1. The minimum atomic E-state index is -3.32. The molecular formula is C27H30N2O6S. The van der Waals surface area contributed by atoms with Crippen molar-refractivity contribution in [3.05, 3.63) is 88.3 Å². The van der Waals surface area contributed by atoms with Crippen LogP contribution in [0.1, 0.15) is 49.8 Å². The van der Waals surface area contributed by atoms with E-state index in [1.54, 1.807) is 24.4 Å². The number of likely N-dealkylation sites (tertiary alicyclic amines) is 1. The molecule has 4 rings (SSSR count). The van der Waals surface area contributed by atoms with Gasteiger partial charge < -0.3 is 14.7 Å². The van der Waals surface area contributed by atoms with Gasteiger partial charge in [0.05, 0.1) is 10.9 Å². The predicted molar refractivity (Wildman–Crippen MR) is 137 cm³/mol. The Bertz CT molecular complexity index is 1400. The first-order valence-corrected chi connectivity index (χ1v) is 13.7. The van der Waals surface area contributed by atoms with Crippen LogP contribution >= 0.6 is 0 Å². The molecule has 0 radical (unpaired) electrons. The molecule has 8 nitrogen and oxygen atoms in total. The molecule has 0 spiro atoms. The van der Waals surface area contributed by atoms with E-state index in [4.69, 9.17) is 4.74 Å². The SMILES string of the molecule is CC(C)c1ccc(C2CC(Oc3ccn(-c4ccc(S(C)(=O)=O)cc4)c(=O)c3)CCN2C(=O)O)cc1. The molecule has 9 heteroatoms. The Kier molecular flexibility index (Phi) is 7.21. The van der Waals surface area contributed by atoms with Crippen molar-refractivity contribution in [1.29, 1.82) is 0 Å². The van der Waals surface area contributed by atoms with Crippen LogP contribution < -0.4 is 10.3 Å². The van der Waals surface area contributed by atoms with E-state index in [9.17, 15) is 23.1 Å². The molecule has 2 heterocycles. The number of carbonyl (C=O) groups is 1. The fourth-order valence-electron chi connectivity index (χ4n) is 4.48. The summed E-state index contributed by atoms with van der Waals surface area (Å²) in [5.41, 5.74) is 2.33. The third-order valence-electron chi connectivity index (χ3n) is 6.52. The number of rotatable bonds is 6. The minimum absolute atomic E-state index is 0.181. The molecule has 1 saturated heterocycles. The standard InChI is InChI=1S/C27H30N2O6S/c1-18(2)19-4-6-20(7-5-19)25-16-22(13-15-29(25)27(31)32)35-23-12-14-28(26(30)17-23)21-8-10-24(11-9-21)36(3,33)34/h4-12,14,17-18,22,25H,13,15-16H2,1-3H3,(H,31,32). The highest BCUT2D eigenvalue weighted by molar-refractivity contribution is 7.90. The predicted octanol–water partition coefficient (Wildman–Crippen LogP) is 4.63. The van der Waals surface area contributed by atoms with Crippen molar-refractivity contribution in [3.8, 4) is 11.4 Å². The first-order valence-electron chi connectivity index (χ1n) is 11.8. The molecule has 1 aromatic heterocycles. The Balaban J connectivity index is 1.51. The van der Waals surface area contributed by atoms with Crippen molar-refractivity contribution in [2.75, 3.05) is 12.8 Å². The highest BCUT2D eigenvalue weighted by Gasteiger charge is 2.33. The summed E-state index contributed by atoms with van der Waals surface area (Å²) in [4.78, 5) is 26.3. The number of hydrogen-bond donors (Lipinski definition) is 1. The maximum Gasteiger partial charge on any atom is 0.407 e. The summed E-state index contributed by atoms with van der Waals surface area (Å²) < 4.78 is 30.9. The fourth-order valence-corrected chi connectivity index (χ4v) is 5.11. The zero-order chi connectivity index (χ0) is 26.0. The molecule has 0 aliphatic carbocycles. The fraction of sp³-hybridized carbons (Fsp3) is 0.333. The molecule has 3 aromatic rings. The van der Waals surface area contributed by atoms with Gasteiger partial charge in [-0.2, -0.15) is 0 Å². The van der Waals surface area contributed by atoms with E-state index in [-0.39, 0.29) is 22.6 Å². The number of pyridine rings is 1. The van der Waals surface area contributed by atoms with Crippen LogP contribution in [-0.2, 0) is 9.84 Å². The summed E-state index contributed by atoms with van der Waals surface area (Å²) in [6.45, 7) is 4.56. The van der Waals surface area contributed by atoms with E-state index in [2.05, 4.69) is 13.8 Å². The molecule has 0 saturated carbocycles. The molecule has 0 bridgehead atoms. The molecule has 36 heavy (non-hydrogen) atoms. The maximum absolute atomic E-state index is 12.8. The molecule has 1 aliphatic rings. The Hall–Kier alpha value is -3.59. The lowest BCUT2D eigenvalue weighted by Crippen LogP contribution is -2.43. The number of nitrogens with zero attached hydrogens (tertiary/aromatic N) is 2. The van der Waals surface area contributed by atoms with Gasteiger partial charge in [-0.1, -0.05) is 38.1 Å². The van der Waals surface area contributed by atoms with Gasteiger partial charge in [0, 0.05) is 43.6 Å².